The molecule has 1 aromatic rings. The first kappa shape index (κ1) is 10.3. The predicted molar refractivity (Wildman–Crippen MR) is 57.2 cm³/mol. The van der Waals surface area contributed by atoms with Crippen LogP contribution in [0.2, 0.25) is 0 Å². The van der Waals surface area contributed by atoms with Crippen LogP contribution in [0.25, 0.3) is 6.08 Å². The van der Waals surface area contributed by atoms with E-state index < -0.39 is 0 Å². The first-order valence-electron chi connectivity index (χ1n) is 5.01. The summed E-state index contributed by atoms with van der Waals surface area (Å²) in [7, 11) is 0. The number of hydrogen-bond acceptors (Lipinski definition) is 2. The summed E-state index contributed by atoms with van der Waals surface area (Å²) >= 11 is 0. The highest BCUT2D eigenvalue weighted by atomic mass is 19.1. The molecule has 0 saturated heterocycles. The SMILES string of the molecule is NOCC1(/C=C/c2ccc(F)cc2)CC1. The Balaban J connectivity index is 2.02. The molecule has 2 nitrogen and oxygen atoms in total. The van der Waals surface area contributed by atoms with Gasteiger partial charge in [-0.05, 0) is 30.5 Å². The van der Waals surface area contributed by atoms with Gasteiger partial charge in [0.2, 0.25) is 0 Å². The van der Waals surface area contributed by atoms with Crippen LogP contribution in [-0.2, 0) is 4.84 Å². The van der Waals surface area contributed by atoms with E-state index in [1.54, 1.807) is 12.1 Å². The first-order valence-corrected chi connectivity index (χ1v) is 5.01. The largest absolute Gasteiger partial charge is 0.304 e. The Kier molecular flexibility index (Phi) is 2.84. The van der Waals surface area contributed by atoms with Crippen LogP contribution in [0.3, 0.4) is 0 Å². The maximum atomic E-state index is 12.6. The molecule has 0 atom stereocenters. The molecule has 0 heterocycles. The van der Waals surface area contributed by atoms with Crippen LogP contribution in [0.1, 0.15) is 18.4 Å². The number of hydrogen-bond donors (Lipinski definition) is 1. The van der Waals surface area contributed by atoms with Crippen LogP contribution in [0, 0.1) is 11.2 Å². The molecular weight excluding hydrogens is 193 g/mol. The molecule has 2 N–H and O–H groups in total. The van der Waals surface area contributed by atoms with Gasteiger partial charge >= 0.3 is 0 Å². The fourth-order valence-corrected chi connectivity index (χ4v) is 1.53. The Morgan fingerprint density at radius 1 is 1.33 bits per heavy atom. The average Bonchev–Trinajstić information content (AvgIpc) is 2.99. The second kappa shape index (κ2) is 4.13. The predicted octanol–water partition coefficient (Wildman–Crippen LogP) is 2.51. The minimum absolute atomic E-state index is 0.128. The standard InChI is InChI=1S/C12H14FNO/c13-11-3-1-10(2-4-11)5-6-12(7-8-12)9-15-14/h1-6H,7-9,14H2/b6-5+. The summed E-state index contributed by atoms with van der Waals surface area (Å²) in [6.45, 7) is 0.560. The van der Waals surface area contributed by atoms with Gasteiger partial charge < -0.3 is 4.84 Å². The highest BCUT2D eigenvalue weighted by Crippen LogP contribution is 2.47. The van der Waals surface area contributed by atoms with Gasteiger partial charge in [-0.2, -0.15) is 0 Å². The maximum absolute atomic E-state index is 12.6. The Hall–Kier alpha value is -1.19. The number of halogens is 1. The zero-order valence-electron chi connectivity index (χ0n) is 8.45. The van der Waals surface area contributed by atoms with Gasteiger partial charge in [0.15, 0.2) is 0 Å². The lowest BCUT2D eigenvalue weighted by Gasteiger charge is -2.06. The summed E-state index contributed by atoms with van der Waals surface area (Å²) in [6.07, 6.45) is 6.32. The summed E-state index contributed by atoms with van der Waals surface area (Å²) < 4.78 is 12.6. The zero-order chi connectivity index (χ0) is 10.7. The van der Waals surface area contributed by atoms with E-state index in [-0.39, 0.29) is 11.2 Å². The third kappa shape index (κ3) is 2.64. The summed E-state index contributed by atoms with van der Waals surface area (Å²) in [4.78, 5) is 4.67. The highest BCUT2D eigenvalue weighted by Gasteiger charge is 2.40. The van der Waals surface area contributed by atoms with E-state index >= 15 is 0 Å². The smallest absolute Gasteiger partial charge is 0.123 e. The maximum Gasteiger partial charge on any atom is 0.123 e. The van der Waals surface area contributed by atoms with Gasteiger partial charge in [0.25, 0.3) is 0 Å². The molecule has 0 aliphatic heterocycles. The monoisotopic (exact) mass is 207 g/mol. The van der Waals surface area contributed by atoms with Crippen molar-refractivity contribution in [1.29, 1.82) is 0 Å². The topological polar surface area (TPSA) is 35.2 Å². The summed E-state index contributed by atoms with van der Waals surface area (Å²) in [5, 5.41) is 0. The first-order chi connectivity index (χ1) is 7.24. The normalized spacial score (nSPS) is 18.3. The molecule has 0 bridgehead atoms. The third-order valence-electron chi connectivity index (χ3n) is 2.76. The molecule has 1 saturated carbocycles. The van der Waals surface area contributed by atoms with E-state index in [2.05, 4.69) is 10.9 Å². The summed E-state index contributed by atoms with van der Waals surface area (Å²) in [6, 6.07) is 6.42. The highest BCUT2D eigenvalue weighted by molar-refractivity contribution is 5.50. The van der Waals surface area contributed by atoms with Gasteiger partial charge in [-0.25, -0.2) is 10.3 Å². The zero-order valence-corrected chi connectivity index (χ0v) is 8.45. The van der Waals surface area contributed by atoms with Gasteiger partial charge in [0.1, 0.15) is 5.82 Å². The van der Waals surface area contributed by atoms with Gasteiger partial charge in [-0.3, -0.25) is 0 Å². The van der Waals surface area contributed by atoms with Crippen LogP contribution in [0.4, 0.5) is 4.39 Å². The van der Waals surface area contributed by atoms with E-state index in [9.17, 15) is 4.39 Å². The quantitative estimate of drug-likeness (QED) is 0.770. The lowest BCUT2D eigenvalue weighted by molar-refractivity contribution is 0.108. The number of benzene rings is 1. The van der Waals surface area contributed by atoms with Crippen molar-refractivity contribution in [3.05, 3.63) is 41.7 Å². The molecule has 2 rings (SSSR count). The van der Waals surface area contributed by atoms with Crippen molar-refractivity contribution in [2.45, 2.75) is 12.8 Å². The Morgan fingerprint density at radius 2 is 2.00 bits per heavy atom. The minimum Gasteiger partial charge on any atom is -0.304 e. The Morgan fingerprint density at radius 3 is 2.53 bits per heavy atom. The summed E-state index contributed by atoms with van der Waals surface area (Å²) in [5.74, 6) is 4.85. The Bertz CT molecular complexity index is 354. The molecule has 1 aliphatic carbocycles. The van der Waals surface area contributed by atoms with E-state index in [1.807, 2.05) is 6.08 Å². The fourth-order valence-electron chi connectivity index (χ4n) is 1.53. The van der Waals surface area contributed by atoms with Gasteiger partial charge in [-0.15, -0.1) is 0 Å². The molecule has 0 aromatic heterocycles. The van der Waals surface area contributed by atoms with Crippen molar-refractivity contribution in [3.8, 4) is 0 Å². The lowest BCUT2D eigenvalue weighted by Crippen LogP contribution is -2.11. The van der Waals surface area contributed by atoms with Crippen LogP contribution >= 0.6 is 0 Å². The molecule has 15 heavy (non-hydrogen) atoms. The van der Waals surface area contributed by atoms with Gasteiger partial charge in [0.05, 0.1) is 6.61 Å². The van der Waals surface area contributed by atoms with Crippen LogP contribution in [0.15, 0.2) is 30.3 Å². The minimum atomic E-state index is -0.210. The Labute approximate surface area is 88.5 Å². The second-order valence-electron chi connectivity index (χ2n) is 4.06. The average molecular weight is 207 g/mol. The fraction of sp³-hybridized carbons (Fsp3) is 0.333. The van der Waals surface area contributed by atoms with E-state index in [4.69, 9.17) is 5.90 Å². The molecule has 3 heteroatoms. The van der Waals surface area contributed by atoms with Gasteiger partial charge in [0, 0.05) is 5.41 Å². The summed E-state index contributed by atoms with van der Waals surface area (Å²) in [5.41, 5.74) is 1.13. The molecule has 0 radical (unpaired) electrons. The van der Waals surface area contributed by atoms with E-state index in [1.165, 1.54) is 12.1 Å². The van der Waals surface area contributed by atoms with Crippen molar-refractivity contribution in [2.75, 3.05) is 6.61 Å². The van der Waals surface area contributed by atoms with Crippen molar-refractivity contribution in [1.82, 2.24) is 0 Å². The van der Waals surface area contributed by atoms with E-state index in [0.29, 0.717) is 6.61 Å². The molecule has 1 aromatic carbocycles. The molecule has 0 unspecified atom stereocenters. The van der Waals surface area contributed by atoms with Crippen molar-refractivity contribution in [2.24, 2.45) is 11.3 Å². The van der Waals surface area contributed by atoms with Crippen LogP contribution in [0.5, 0.6) is 0 Å². The van der Waals surface area contributed by atoms with Crippen molar-refractivity contribution in [3.63, 3.8) is 0 Å². The van der Waals surface area contributed by atoms with Crippen molar-refractivity contribution < 1.29 is 9.23 Å². The van der Waals surface area contributed by atoms with Crippen LogP contribution in [-0.4, -0.2) is 6.61 Å². The second-order valence-corrected chi connectivity index (χ2v) is 4.06. The molecule has 1 aliphatic rings. The molecule has 0 spiro atoms. The molecule has 1 fully saturated rings. The van der Waals surface area contributed by atoms with Crippen molar-refractivity contribution >= 4 is 6.08 Å². The molecular formula is C12H14FNO. The number of rotatable bonds is 4. The lowest BCUT2D eigenvalue weighted by atomic mass is 10.1. The van der Waals surface area contributed by atoms with Crippen LogP contribution < -0.4 is 5.90 Å². The number of nitrogens with two attached hydrogens (primary N) is 1. The van der Waals surface area contributed by atoms with Gasteiger partial charge in [-0.1, -0.05) is 24.3 Å². The third-order valence-corrected chi connectivity index (χ3v) is 2.76. The van der Waals surface area contributed by atoms with E-state index in [0.717, 1.165) is 18.4 Å². The molecule has 80 valence electrons. The molecule has 0 amide bonds.